The lowest BCUT2D eigenvalue weighted by Crippen LogP contribution is -2.47. The second-order valence-corrected chi connectivity index (χ2v) is 9.23. The van der Waals surface area contributed by atoms with Crippen LogP contribution in [0.15, 0.2) is 47.4 Å². The Kier molecular flexibility index (Phi) is 6.42. The summed E-state index contributed by atoms with van der Waals surface area (Å²) in [5.74, 6) is -0.735. The van der Waals surface area contributed by atoms with Gasteiger partial charge in [-0.2, -0.15) is 17.5 Å². The van der Waals surface area contributed by atoms with Gasteiger partial charge in [0, 0.05) is 37.4 Å². The minimum atomic E-state index is -4.67. The fourth-order valence-electron chi connectivity index (χ4n) is 3.00. The number of nitrogens with zero attached hydrogens (tertiary/aromatic N) is 2. The van der Waals surface area contributed by atoms with Gasteiger partial charge in [0.05, 0.1) is 15.5 Å². The molecule has 2 aromatic carbocycles. The summed E-state index contributed by atoms with van der Waals surface area (Å²) in [4.78, 5) is 14.5. The number of amides is 1. The molecule has 0 spiro atoms. The summed E-state index contributed by atoms with van der Waals surface area (Å²) in [6, 6.07) is 8.40. The van der Waals surface area contributed by atoms with Crippen molar-refractivity contribution in [2.45, 2.75) is 11.1 Å². The van der Waals surface area contributed by atoms with Crippen molar-refractivity contribution in [3.8, 4) is 0 Å². The molecular weight excluding hydrogens is 443 g/mol. The minimum absolute atomic E-state index is 0.00807. The Morgan fingerprint density at radius 2 is 1.73 bits per heavy atom. The number of likely N-dealkylation sites (N-methyl/N-ethyl adjacent to an activating group) is 1. The van der Waals surface area contributed by atoms with Crippen LogP contribution in [-0.4, -0.2) is 56.8 Å². The number of hydrogen-bond acceptors (Lipinski definition) is 4. The second-order valence-electron chi connectivity index (χ2n) is 6.88. The van der Waals surface area contributed by atoms with Crippen molar-refractivity contribution < 1.29 is 26.4 Å². The monoisotopic (exact) mass is 461 g/mol. The van der Waals surface area contributed by atoms with E-state index in [2.05, 4.69) is 5.32 Å². The lowest BCUT2D eigenvalue weighted by molar-refractivity contribution is -0.137. The number of anilines is 1. The third kappa shape index (κ3) is 4.94. The molecule has 30 heavy (non-hydrogen) atoms. The second kappa shape index (κ2) is 8.54. The smallest absolute Gasteiger partial charge is 0.322 e. The van der Waals surface area contributed by atoms with Crippen LogP contribution in [0.3, 0.4) is 0 Å². The highest BCUT2D eigenvalue weighted by molar-refractivity contribution is 7.89. The molecule has 1 amide bonds. The van der Waals surface area contributed by atoms with Crippen LogP contribution in [-0.2, 0) is 16.2 Å². The van der Waals surface area contributed by atoms with E-state index in [1.54, 1.807) is 0 Å². The molecule has 11 heteroatoms. The molecule has 1 heterocycles. The SMILES string of the molecule is CN1CCN(S(=O)(=O)c2cccc(C(=O)Nc3ccc(Cl)c(C(F)(F)F)c3)c2)CC1. The van der Waals surface area contributed by atoms with Gasteiger partial charge >= 0.3 is 6.18 Å². The lowest BCUT2D eigenvalue weighted by atomic mass is 10.1. The topological polar surface area (TPSA) is 69.7 Å². The Balaban J connectivity index is 1.82. The molecule has 0 bridgehead atoms. The molecule has 0 atom stereocenters. The van der Waals surface area contributed by atoms with E-state index in [4.69, 9.17) is 11.6 Å². The third-order valence-electron chi connectivity index (χ3n) is 4.73. The van der Waals surface area contributed by atoms with E-state index in [0.29, 0.717) is 26.2 Å². The molecule has 1 aliphatic heterocycles. The van der Waals surface area contributed by atoms with E-state index in [-0.39, 0.29) is 16.1 Å². The molecule has 162 valence electrons. The Morgan fingerprint density at radius 3 is 2.37 bits per heavy atom. The molecular formula is C19H19ClF3N3O3S. The van der Waals surface area contributed by atoms with Gasteiger partial charge in [-0.3, -0.25) is 4.79 Å². The van der Waals surface area contributed by atoms with Crippen LogP contribution in [0.5, 0.6) is 0 Å². The number of hydrogen-bond donors (Lipinski definition) is 1. The van der Waals surface area contributed by atoms with Gasteiger partial charge in [-0.05, 0) is 43.4 Å². The Hall–Kier alpha value is -2.14. The number of sulfonamides is 1. The number of carbonyl (C=O) groups is 1. The molecule has 1 N–H and O–H groups in total. The van der Waals surface area contributed by atoms with Crippen molar-refractivity contribution in [2.75, 3.05) is 38.5 Å². The summed E-state index contributed by atoms with van der Waals surface area (Å²) in [5, 5.41) is 1.86. The van der Waals surface area contributed by atoms with Crippen LogP contribution >= 0.6 is 11.6 Å². The highest BCUT2D eigenvalue weighted by Crippen LogP contribution is 2.36. The van der Waals surface area contributed by atoms with Gasteiger partial charge in [-0.25, -0.2) is 8.42 Å². The average molecular weight is 462 g/mol. The highest BCUT2D eigenvalue weighted by atomic mass is 35.5. The molecule has 0 aliphatic carbocycles. The van der Waals surface area contributed by atoms with Gasteiger partial charge in [0.2, 0.25) is 10.0 Å². The van der Waals surface area contributed by atoms with Crippen LogP contribution in [0, 0.1) is 0 Å². The maximum atomic E-state index is 13.0. The lowest BCUT2D eigenvalue weighted by Gasteiger charge is -2.31. The summed E-state index contributed by atoms with van der Waals surface area (Å²) >= 11 is 5.58. The Labute approximate surface area is 177 Å². The van der Waals surface area contributed by atoms with Crippen LogP contribution in [0.4, 0.5) is 18.9 Å². The molecule has 1 fully saturated rings. The first-order chi connectivity index (χ1) is 14.0. The number of piperazine rings is 1. The normalized spacial score (nSPS) is 16.4. The molecule has 6 nitrogen and oxygen atoms in total. The molecule has 0 saturated carbocycles. The van der Waals surface area contributed by atoms with Gasteiger partial charge in [-0.1, -0.05) is 17.7 Å². The van der Waals surface area contributed by atoms with Gasteiger partial charge in [0.1, 0.15) is 0 Å². The van der Waals surface area contributed by atoms with E-state index in [9.17, 15) is 26.4 Å². The predicted octanol–water partition coefficient (Wildman–Crippen LogP) is 3.55. The van der Waals surface area contributed by atoms with Crippen molar-refractivity contribution in [1.82, 2.24) is 9.21 Å². The van der Waals surface area contributed by atoms with E-state index < -0.39 is 32.7 Å². The van der Waals surface area contributed by atoms with Crippen molar-refractivity contribution in [2.24, 2.45) is 0 Å². The zero-order valence-electron chi connectivity index (χ0n) is 15.9. The number of benzene rings is 2. The number of nitrogens with one attached hydrogen (secondary N) is 1. The largest absolute Gasteiger partial charge is 0.417 e. The number of rotatable bonds is 4. The molecule has 0 radical (unpaired) electrons. The van der Waals surface area contributed by atoms with E-state index in [1.807, 2.05) is 11.9 Å². The van der Waals surface area contributed by atoms with Crippen molar-refractivity contribution >= 4 is 33.2 Å². The summed E-state index contributed by atoms with van der Waals surface area (Å²) in [7, 11) is -1.89. The standard InChI is InChI=1S/C19H19ClF3N3O3S/c1-25-7-9-26(10-8-25)30(28,29)15-4-2-3-13(11-15)18(27)24-14-5-6-17(20)16(12-14)19(21,22)23/h2-6,11-12H,7-10H2,1H3,(H,24,27). The molecule has 0 aromatic heterocycles. The molecule has 3 rings (SSSR count). The molecule has 0 unspecified atom stereocenters. The van der Waals surface area contributed by atoms with Gasteiger partial charge in [0.15, 0.2) is 0 Å². The van der Waals surface area contributed by atoms with Crippen molar-refractivity contribution in [3.05, 3.63) is 58.6 Å². The van der Waals surface area contributed by atoms with Gasteiger partial charge in [-0.15, -0.1) is 0 Å². The van der Waals surface area contributed by atoms with Crippen molar-refractivity contribution in [1.29, 1.82) is 0 Å². The Morgan fingerprint density at radius 1 is 1.07 bits per heavy atom. The zero-order chi connectivity index (χ0) is 22.1. The van der Waals surface area contributed by atoms with Crippen LogP contribution in [0.25, 0.3) is 0 Å². The predicted molar refractivity (Wildman–Crippen MR) is 107 cm³/mol. The summed E-state index contributed by atoms with van der Waals surface area (Å²) in [6.07, 6.45) is -4.67. The average Bonchev–Trinajstić information content (AvgIpc) is 2.69. The number of alkyl halides is 3. The first-order valence-corrected chi connectivity index (χ1v) is 10.8. The molecule has 1 saturated heterocycles. The van der Waals surface area contributed by atoms with Crippen LogP contribution < -0.4 is 5.32 Å². The van der Waals surface area contributed by atoms with Gasteiger partial charge < -0.3 is 10.2 Å². The summed E-state index contributed by atoms with van der Waals surface area (Å²) < 4.78 is 66.1. The molecule has 1 aliphatic rings. The minimum Gasteiger partial charge on any atom is -0.322 e. The fourth-order valence-corrected chi connectivity index (χ4v) is 4.69. The third-order valence-corrected chi connectivity index (χ3v) is 6.95. The number of carbonyl (C=O) groups excluding carboxylic acids is 1. The first kappa shape index (κ1) is 22.5. The summed E-state index contributed by atoms with van der Waals surface area (Å²) in [5.41, 5.74) is -1.17. The van der Waals surface area contributed by atoms with E-state index >= 15 is 0 Å². The molecule has 2 aromatic rings. The maximum Gasteiger partial charge on any atom is 0.417 e. The number of halogens is 4. The van der Waals surface area contributed by atoms with Crippen LogP contribution in [0.2, 0.25) is 5.02 Å². The van der Waals surface area contributed by atoms with Crippen LogP contribution in [0.1, 0.15) is 15.9 Å². The summed E-state index contributed by atoms with van der Waals surface area (Å²) in [6.45, 7) is 1.86. The van der Waals surface area contributed by atoms with E-state index in [0.717, 1.165) is 12.1 Å². The highest BCUT2D eigenvalue weighted by Gasteiger charge is 2.33. The zero-order valence-corrected chi connectivity index (χ0v) is 17.5. The van der Waals surface area contributed by atoms with Crippen molar-refractivity contribution in [3.63, 3.8) is 0 Å². The maximum absolute atomic E-state index is 13.0. The Bertz CT molecular complexity index is 1050. The van der Waals surface area contributed by atoms with Gasteiger partial charge in [0.25, 0.3) is 5.91 Å². The van der Waals surface area contributed by atoms with E-state index in [1.165, 1.54) is 34.6 Å². The fraction of sp³-hybridized carbons (Fsp3) is 0.316. The first-order valence-electron chi connectivity index (χ1n) is 8.95. The quantitative estimate of drug-likeness (QED) is 0.756.